The summed E-state index contributed by atoms with van der Waals surface area (Å²) in [6, 6.07) is 0. The van der Waals surface area contributed by atoms with Crippen molar-refractivity contribution < 1.29 is 5.11 Å². The molecule has 2 heteroatoms. The van der Waals surface area contributed by atoms with Crippen LogP contribution in [0.15, 0.2) is 12.2 Å². The summed E-state index contributed by atoms with van der Waals surface area (Å²) in [6.45, 7) is 0. The van der Waals surface area contributed by atoms with Crippen LogP contribution in [0.1, 0.15) is 19.3 Å². The van der Waals surface area contributed by atoms with Crippen LogP contribution in [0.4, 0.5) is 0 Å². The van der Waals surface area contributed by atoms with Gasteiger partial charge in [-0.2, -0.15) is 0 Å². The molecule has 1 aliphatic rings. The maximum atomic E-state index is 9.20. The summed E-state index contributed by atoms with van der Waals surface area (Å²) < 4.78 is -0.689. The predicted octanol–water partition coefficient (Wildman–Crippen LogP) is 1.81. The third-order valence-corrected chi connectivity index (χ3v) is 1.93. The molecule has 0 fully saturated rings. The van der Waals surface area contributed by atoms with Crippen LogP contribution in [0.2, 0.25) is 0 Å². The van der Waals surface area contributed by atoms with Crippen molar-refractivity contribution in [3.63, 3.8) is 0 Å². The van der Waals surface area contributed by atoms with Gasteiger partial charge >= 0.3 is 0 Å². The minimum absolute atomic E-state index is 0.689. The Morgan fingerprint density at radius 3 is 2.62 bits per heavy atom. The Bertz CT molecular complexity index is 107. The van der Waals surface area contributed by atoms with Gasteiger partial charge in [0, 0.05) is 0 Å². The lowest BCUT2D eigenvalue weighted by molar-refractivity contribution is 0.176. The fraction of sp³-hybridized carbons (Fsp3) is 0.667. The largest absolute Gasteiger partial charge is 0.375 e. The third kappa shape index (κ3) is 1.60. The Hall–Kier alpha value is 0.180. The van der Waals surface area contributed by atoms with Gasteiger partial charge in [-0.1, -0.05) is 6.08 Å². The molecule has 0 aromatic rings. The maximum absolute atomic E-state index is 9.20. The summed E-state index contributed by atoms with van der Waals surface area (Å²) in [5.41, 5.74) is 0. The Labute approximate surface area is 57.5 Å². The smallest absolute Gasteiger partial charge is 0.138 e. The molecule has 0 radical (unpaired) electrons. The molecule has 8 heavy (non-hydrogen) atoms. The zero-order chi connectivity index (χ0) is 6.04. The quantitative estimate of drug-likeness (QED) is 0.442. The van der Waals surface area contributed by atoms with E-state index in [1.807, 2.05) is 6.08 Å². The first-order chi connectivity index (χ1) is 3.71. The standard InChI is InChI=1S/C6H9BrO/c7-6(8)4-2-1-3-5-6/h2,4,8H,1,3,5H2. The second kappa shape index (κ2) is 2.19. The van der Waals surface area contributed by atoms with Crippen molar-refractivity contribution in [2.75, 3.05) is 0 Å². The van der Waals surface area contributed by atoms with E-state index in [-0.39, 0.29) is 0 Å². The average molecular weight is 177 g/mol. The van der Waals surface area contributed by atoms with Crippen molar-refractivity contribution in [3.8, 4) is 0 Å². The van der Waals surface area contributed by atoms with Crippen molar-refractivity contribution in [3.05, 3.63) is 12.2 Å². The van der Waals surface area contributed by atoms with Gasteiger partial charge < -0.3 is 5.11 Å². The molecular formula is C6H9BrO. The fourth-order valence-corrected chi connectivity index (χ4v) is 1.28. The summed E-state index contributed by atoms with van der Waals surface area (Å²) in [4.78, 5) is 0. The molecule has 0 saturated carbocycles. The summed E-state index contributed by atoms with van der Waals surface area (Å²) >= 11 is 3.16. The normalized spacial score (nSPS) is 37.8. The molecule has 1 rings (SSSR count). The van der Waals surface area contributed by atoms with E-state index >= 15 is 0 Å². The SMILES string of the molecule is OC1(Br)C=CCCC1. The minimum atomic E-state index is -0.689. The highest BCUT2D eigenvalue weighted by Crippen LogP contribution is 2.27. The number of alkyl halides is 1. The van der Waals surface area contributed by atoms with E-state index in [1.165, 1.54) is 0 Å². The average Bonchev–Trinajstić information content (AvgIpc) is 1.65. The molecule has 46 valence electrons. The molecule has 0 saturated heterocycles. The van der Waals surface area contributed by atoms with Gasteiger partial charge in [-0.3, -0.25) is 0 Å². The fourth-order valence-electron chi connectivity index (χ4n) is 0.815. The summed E-state index contributed by atoms with van der Waals surface area (Å²) in [7, 11) is 0. The summed E-state index contributed by atoms with van der Waals surface area (Å²) in [6.07, 6.45) is 6.82. The molecule has 1 N–H and O–H groups in total. The van der Waals surface area contributed by atoms with Crippen LogP contribution in [-0.2, 0) is 0 Å². The first-order valence-electron chi connectivity index (χ1n) is 2.80. The van der Waals surface area contributed by atoms with Crippen molar-refractivity contribution in [1.82, 2.24) is 0 Å². The summed E-state index contributed by atoms with van der Waals surface area (Å²) in [5, 5.41) is 9.20. The molecule has 0 aromatic carbocycles. The lowest BCUT2D eigenvalue weighted by Gasteiger charge is -2.19. The highest BCUT2D eigenvalue weighted by atomic mass is 79.9. The van der Waals surface area contributed by atoms with Crippen LogP contribution in [-0.4, -0.2) is 9.62 Å². The molecule has 0 bridgehead atoms. The number of hydrogen-bond donors (Lipinski definition) is 1. The molecular weight excluding hydrogens is 168 g/mol. The van der Waals surface area contributed by atoms with Gasteiger partial charge in [0.15, 0.2) is 0 Å². The van der Waals surface area contributed by atoms with E-state index in [4.69, 9.17) is 0 Å². The molecule has 0 aliphatic heterocycles. The first-order valence-corrected chi connectivity index (χ1v) is 3.59. The number of rotatable bonds is 0. The minimum Gasteiger partial charge on any atom is -0.375 e. The van der Waals surface area contributed by atoms with Crippen LogP contribution in [0.25, 0.3) is 0 Å². The second-order valence-corrected chi connectivity index (χ2v) is 3.49. The van der Waals surface area contributed by atoms with Gasteiger partial charge in [0.05, 0.1) is 0 Å². The van der Waals surface area contributed by atoms with E-state index in [2.05, 4.69) is 15.9 Å². The highest BCUT2D eigenvalue weighted by molar-refractivity contribution is 9.10. The molecule has 1 atom stereocenters. The van der Waals surface area contributed by atoms with E-state index in [0.29, 0.717) is 0 Å². The van der Waals surface area contributed by atoms with Gasteiger partial charge in [-0.25, -0.2) is 0 Å². The lowest BCUT2D eigenvalue weighted by atomic mass is 10.1. The number of aliphatic hydroxyl groups is 1. The van der Waals surface area contributed by atoms with Gasteiger partial charge in [-0.05, 0) is 41.3 Å². The highest BCUT2D eigenvalue weighted by Gasteiger charge is 2.19. The van der Waals surface area contributed by atoms with Crippen LogP contribution in [0, 0.1) is 0 Å². The lowest BCUT2D eigenvalue weighted by Crippen LogP contribution is -2.17. The van der Waals surface area contributed by atoms with Crippen molar-refractivity contribution in [2.45, 2.75) is 23.8 Å². The van der Waals surface area contributed by atoms with Crippen molar-refractivity contribution >= 4 is 15.9 Å². The Kier molecular flexibility index (Phi) is 1.73. The van der Waals surface area contributed by atoms with Gasteiger partial charge in [-0.15, -0.1) is 0 Å². The number of allylic oxidation sites excluding steroid dienone is 1. The molecule has 0 amide bonds. The van der Waals surface area contributed by atoms with Crippen molar-refractivity contribution in [1.29, 1.82) is 0 Å². The molecule has 1 aliphatic carbocycles. The van der Waals surface area contributed by atoms with Gasteiger partial charge in [0.25, 0.3) is 0 Å². The number of halogens is 1. The Morgan fingerprint density at radius 2 is 2.38 bits per heavy atom. The van der Waals surface area contributed by atoms with E-state index in [9.17, 15) is 5.11 Å². The molecule has 1 unspecified atom stereocenters. The second-order valence-electron chi connectivity index (χ2n) is 2.11. The summed E-state index contributed by atoms with van der Waals surface area (Å²) in [5.74, 6) is 0. The first kappa shape index (κ1) is 6.30. The van der Waals surface area contributed by atoms with Crippen LogP contribution in [0.3, 0.4) is 0 Å². The Morgan fingerprint density at radius 1 is 1.62 bits per heavy atom. The Balaban J connectivity index is 2.56. The zero-order valence-corrected chi connectivity index (χ0v) is 6.19. The van der Waals surface area contributed by atoms with Crippen LogP contribution >= 0.6 is 15.9 Å². The maximum Gasteiger partial charge on any atom is 0.138 e. The van der Waals surface area contributed by atoms with E-state index < -0.39 is 4.51 Å². The molecule has 0 heterocycles. The predicted molar refractivity (Wildman–Crippen MR) is 36.9 cm³/mol. The van der Waals surface area contributed by atoms with E-state index in [1.54, 1.807) is 6.08 Å². The monoisotopic (exact) mass is 176 g/mol. The van der Waals surface area contributed by atoms with Gasteiger partial charge in [0.1, 0.15) is 4.51 Å². The van der Waals surface area contributed by atoms with Crippen molar-refractivity contribution in [2.24, 2.45) is 0 Å². The van der Waals surface area contributed by atoms with Crippen LogP contribution in [0.5, 0.6) is 0 Å². The van der Waals surface area contributed by atoms with E-state index in [0.717, 1.165) is 19.3 Å². The van der Waals surface area contributed by atoms with Crippen LogP contribution < -0.4 is 0 Å². The molecule has 0 spiro atoms. The molecule has 0 aromatic heterocycles. The molecule has 1 nitrogen and oxygen atoms in total. The zero-order valence-electron chi connectivity index (χ0n) is 4.60. The third-order valence-electron chi connectivity index (χ3n) is 1.27. The number of hydrogen-bond acceptors (Lipinski definition) is 1. The topological polar surface area (TPSA) is 20.2 Å². The van der Waals surface area contributed by atoms with Gasteiger partial charge in [0.2, 0.25) is 0 Å².